The normalized spacial score (nSPS) is 10.9. The molecule has 0 spiro atoms. The number of hydrogen-bond acceptors (Lipinski definition) is 9. The van der Waals surface area contributed by atoms with E-state index in [1.807, 2.05) is 16.8 Å². The first-order valence-corrected chi connectivity index (χ1v) is 9.85. The molecule has 0 radical (unpaired) electrons. The molecule has 0 unspecified atom stereocenters. The lowest BCUT2D eigenvalue weighted by Gasteiger charge is -2.00. The number of thioether (sulfide) groups is 1. The number of benzene rings is 1. The lowest BCUT2D eigenvalue weighted by atomic mass is 10.3. The van der Waals surface area contributed by atoms with Gasteiger partial charge in [-0.2, -0.15) is 16.3 Å². The second-order valence-corrected chi connectivity index (χ2v) is 7.80. The largest absolute Gasteiger partial charge is 0.334 e. The van der Waals surface area contributed by atoms with E-state index in [1.54, 1.807) is 23.5 Å². The number of thiophene rings is 1. The summed E-state index contributed by atoms with van der Waals surface area (Å²) in [5.74, 6) is 1.34. The Bertz CT molecular complexity index is 969. The molecule has 0 aliphatic carbocycles. The van der Waals surface area contributed by atoms with E-state index in [4.69, 9.17) is 4.52 Å². The lowest BCUT2D eigenvalue weighted by Crippen LogP contribution is -1.89. The zero-order chi connectivity index (χ0) is 17.1. The third kappa shape index (κ3) is 4.03. The molecule has 0 saturated carbocycles. The molecule has 0 atom stereocenters. The minimum absolute atomic E-state index is 0.303. The molecule has 126 valence electrons. The Kier molecular flexibility index (Phi) is 4.72. The number of anilines is 2. The molecule has 0 amide bonds. The molecule has 0 aliphatic heterocycles. The van der Waals surface area contributed by atoms with Gasteiger partial charge in [-0.15, -0.1) is 10.2 Å². The summed E-state index contributed by atoms with van der Waals surface area (Å²) in [6.45, 7) is 0. The average molecular weight is 391 g/mol. The number of nitrogens with zero attached hydrogens (tertiary/aromatic N) is 4. The van der Waals surface area contributed by atoms with Gasteiger partial charge in [-0.1, -0.05) is 34.3 Å². The highest BCUT2D eigenvalue weighted by Crippen LogP contribution is 2.30. The van der Waals surface area contributed by atoms with E-state index in [0.29, 0.717) is 28.3 Å². The van der Waals surface area contributed by atoms with Crippen LogP contribution in [0.5, 0.6) is 0 Å². The number of aromatic nitrogens is 4. The summed E-state index contributed by atoms with van der Waals surface area (Å²) >= 11 is 4.43. The van der Waals surface area contributed by atoms with Crippen molar-refractivity contribution in [1.29, 1.82) is 0 Å². The molecule has 1 N–H and O–H groups in total. The first-order valence-electron chi connectivity index (χ1n) is 7.10. The van der Waals surface area contributed by atoms with E-state index in [1.165, 1.54) is 35.2 Å². The predicted octanol–water partition coefficient (Wildman–Crippen LogP) is 4.82. The molecule has 0 fully saturated rings. The van der Waals surface area contributed by atoms with Crippen LogP contribution in [0.1, 0.15) is 5.82 Å². The van der Waals surface area contributed by atoms with Crippen LogP contribution in [0.25, 0.3) is 11.5 Å². The Labute approximate surface area is 154 Å². The average Bonchev–Trinajstić information content (AvgIpc) is 3.34. The van der Waals surface area contributed by atoms with E-state index in [0.717, 1.165) is 9.90 Å². The van der Waals surface area contributed by atoms with Crippen molar-refractivity contribution in [3.05, 3.63) is 52.7 Å². The van der Waals surface area contributed by atoms with Crippen LogP contribution in [-0.2, 0) is 5.75 Å². The van der Waals surface area contributed by atoms with E-state index < -0.39 is 0 Å². The van der Waals surface area contributed by atoms with Gasteiger partial charge in [-0.25, -0.2) is 4.39 Å². The maximum Gasteiger partial charge on any atom is 0.258 e. The van der Waals surface area contributed by atoms with Crippen LogP contribution < -0.4 is 5.32 Å². The highest BCUT2D eigenvalue weighted by Gasteiger charge is 2.11. The van der Waals surface area contributed by atoms with Crippen molar-refractivity contribution in [2.45, 2.75) is 10.1 Å². The van der Waals surface area contributed by atoms with Gasteiger partial charge in [0.1, 0.15) is 5.82 Å². The summed E-state index contributed by atoms with van der Waals surface area (Å²) in [6.07, 6.45) is 0. The summed E-state index contributed by atoms with van der Waals surface area (Å²) < 4.78 is 19.2. The van der Waals surface area contributed by atoms with Gasteiger partial charge < -0.3 is 9.84 Å². The van der Waals surface area contributed by atoms with Crippen molar-refractivity contribution in [2.75, 3.05) is 5.32 Å². The fourth-order valence-electron chi connectivity index (χ4n) is 1.95. The van der Waals surface area contributed by atoms with E-state index in [-0.39, 0.29) is 5.82 Å². The van der Waals surface area contributed by atoms with Gasteiger partial charge in [0, 0.05) is 11.1 Å². The number of rotatable bonds is 6. The van der Waals surface area contributed by atoms with E-state index in [9.17, 15) is 4.39 Å². The summed E-state index contributed by atoms with van der Waals surface area (Å²) in [7, 11) is 0. The third-order valence-electron chi connectivity index (χ3n) is 3.04. The van der Waals surface area contributed by atoms with Crippen LogP contribution in [-0.4, -0.2) is 20.3 Å². The molecule has 0 saturated heterocycles. The zero-order valence-electron chi connectivity index (χ0n) is 12.5. The standard InChI is InChI=1S/C15H10FN5OS3/c16-10-2-1-3-11(6-10)17-14-19-20-15(25-14)24-8-12-18-13(22-21-12)9-4-5-23-7-9/h1-7H,8H2,(H,17,19). The van der Waals surface area contributed by atoms with E-state index in [2.05, 4.69) is 25.7 Å². The molecule has 25 heavy (non-hydrogen) atoms. The van der Waals surface area contributed by atoms with Crippen LogP contribution in [0.2, 0.25) is 0 Å². The number of hydrogen-bond donors (Lipinski definition) is 1. The van der Waals surface area contributed by atoms with Crippen molar-refractivity contribution >= 4 is 45.3 Å². The molecular weight excluding hydrogens is 381 g/mol. The third-order valence-corrected chi connectivity index (χ3v) is 5.69. The van der Waals surface area contributed by atoms with Crippen LogP contribution in [0.3, 0.4) is 0 Å². The van der Waals surface area contributed by atoms with Gasteiger partial charge in [0.2, 0.25) is 5.13 Å². The molecule has 0 bridgehead atoms. The van der Waals surface area contributed by atoms with Gasteiger partial charge in [0.25, 0.3) is 5.89 Å². The quantitative estimate of drug-likeness (QED) is 0.472. The highest BCUT2D eigenvalue weighted by molar-refractivity contribution is 8.00. The Morgan fingerprint density at radius 2 is 2.20 bits per heavy atom. The predicted molar refractivity (Wildman–Crippen MR) is 96.8 cm³/mol. The number of halogens is 1. The fourth-order valence-corrected chi connectivity index (χ4v) is 4.20. The first kappa shape index (κ1) is 16.2. The second kappa shape index (κ2) is 7.30. The second-order valence-electron chi connectivity index (χ2n) is 4.82. The van der Waals surface area contributed by atoms with E-state index >= 15 is 0 Å². The van der Waals surface area contributed by atoms with Gasteiger partial charge in [0.05, 0.1) is 11.3 Å². The molecular formula is C15H10FN5OS3. The van der Waals surface area contributed by atoms with Crippen molar-refractivity contribution in [2.24, 2.45) is 0 Å². The maximum atomic E-state index is 13.2. The Hall–Kier alpha value is -2.30. The van der Waals surface area contributed by atoms with Gasteiger partial charge in [0.15, 0.2) is 10.2 Å². The first-order chi connectivity index (χ1) is 12.3. The lowest BCUT2D eigenvalue weighted by molar-refractivity contribution is 0.425. The van der Waals surface area contributed by atoms with Gasteiger partial charge in [-0.05, 0) is 29.6 Å². The molecule has 3 heterocycles. The molecule has 10 heteroatoms. The van der Waals surface area contributed by atoms with Crippen molar-refractivity contribution in [1.82, 2.24) is 20.3 Å². The molecule has 1 aromatic carbocycles. The van der Waals surface area contributed by atoms with Crippen LogP contribution in [0, 0.1) is 5.82 Å². The molecule has 4 rings (SSSR count). The van der Waals surface area contributed by atoms with Crippen LogP contribution in [0.4, 0.5) is 15.2 Å². The topological polar surface area (TPSA) is 76.7 Å². The summed E-state index contributed by atoms with van der Waals surface area (Å²) in [4.78, 5) is 4.36. The molecule has 4 aromatic rings. The Morgan fingerprint density at radius 3 is 3.04 bits per heavy atom. The molecule has 3 aromatic heterocycles. The molecule has 6 nitrogen and oxygen atoms in total. The molecule has 0 aliphatic rings. The minimum Gasteiger partial charge on any atom is -0.334 e. The SMILES string of the molecule is Fc1cccc(Nc2nnc(SCc3noc(-c4ccsc4)n3)s2)c1. The summed E-state index contributed by atoms with van der Waals surface area (Å²) in [5, 5.41) is 19.7. The smallest absolute Gasteiger partial charge is 0.258 e. The van der Waals surface area contributed by atoms with Crippen molar-refractivity contribution in [3.8, 4) is 11.5 Å². The Morgan fingerprint density at radius 1 is 1.24 bits per heavy atom. The number of nitrogens with one attached hydrogen (secondary N) is 1. The van der Waals surface area contributed by atoms with Crippen LogP contribution in [0.15, 0.2) is 50.0 Å². The fraction of sp³-hybridized carbons (Fsp3) is 0.0667. The maximum absolute atomic E-state index is 13.2. The van der Waals surface area contributed by atoms with Crippen molar-refractivity contribution < 1.29 is 8.91 Å². The zero-order valence-corrected chi connectivity index (χ0v) is 15.0. The van der Waals surface area contributed by atoms with Gasteiger partial charge in [-0.3, -0.25) is 0 Å². The van der Waals surface area contributed by atoms with Gasteiger partial charge >= 0.3 is 0 Å². The minimum atomic E-state index is -0.303. The van der Waals surface area contributed by atoms with Crippen molar-refractivity contribution in [3.63, 3.8) is 0 Å². The summed E-state index contributed by atoms with van der Waals surface area (Å²) in [6, 6.07) is 8.13. The summed E-state index contributed by atoms with van der Waals surface area (Å²) in [5.41, 5.74) is 1.55. The highest BCUT2D eigenvalue weighted by atomic mass is 32.2. The Balaban J connectivity index is 1.37. The monoisotopic (exact) mass is 391 g/mol. The van der Waals surface area contributed by atoms with Crippen LogP contribution >= 0.6 is 34.4 Å².